The minimum Gasteiger partial charge on any atom is -0.394 e. The first kappa shape index (κ1) is 19.0. The molecule has 8 bridgehead atoms. The highest BCUT2D eigenvalue weighted by atomic mass is 16.9. The van der Waals surface area contributed by atoms with Gasteiger partial charge in [-0.1, -0.05) is 0 Å². The summed E-state index contributed by atoms with van der Waals surface area (Å²) >= 11 is 0. The number of ether oxygens (including phenoxy) is 5. The van der Waals surface area contributed by atoms with Crippen LogP contribution >= 0.6 is 0 Å². The van der Waals surface area contributed by atoms with Crippen molar-refractivity contribution in [3.63, 3.8) is 0 Å². The molecule has 176 valence electrons. The van der Waals surface area contributed by atoms with E-state index in [2.05, 4.69) is 0 Å². The molecule has 0 amide bonds. The number of aliphatic hydroxyl groups is 1. The van der Waals surface area contributed by atoms with Crippen LogP contribution in [0.4, 0.5) is 0 Å². The van der Waals surface area contributed by atoms with Crippen molar-refractivity contribution in [2.45, 2.75) is 106 Å². The molecule has 11 rings (SSSR count). The molecule has 3 heterocycles. The lowest BCUT2D eigenvalue weighted by atomic mass is 9.53. The van der Waals surface area contributed by atoms with Crippen LogP contribution in [0.2, 0.25) is 0 Å². The smallest absolute Gasteiger partial charge is 0.190 e. The fourth-order valence-corrected chi connectivity index (χ4v) is 10.8. The van der Waals surface area contributed by atoms with Gasteiger partial charge < -0.3 is 28.8 Å². The van der Waals surface area contributed by atoms with Crippen LogP contribution in [0.15, 0.2) is 0 Å². The van der Waals surface area contributed by atoms with Gasteiger partial charge in [0.15, 0.2) is 17.9 Å². The standard InChI is InChI=1S/C26H36O6/c27-11-20-21-22(30-25(29-21)16-3-12-1-13(5-16)6-17(25)4-12)23-24(28-20)32-26(31-23)18-7-14-2-15(9-18)10-19(26)8-14/h12-24,27H,1-11H2/t12?,13?,14?,15?,16?,17?,18?,19?,20-,21+,22+,23-,24?,25?,26?/m1/s1. The maximum Gasteiger partial charge on any atom is 0.190 e. The maximum absolute atomic E-state index is 10.2. The summed E-state index contributed by atoms with van der Waals surface area (Å²) < 4.78 is 34.1. The van der Waals surface area contributed by atoms with E-state index >= 15 is 0 Å². The van der Waals surface area contributed by atoms with Gasteiger partial charge in [-0.2, -0.15) is 0 Å². The third kappa shape index (κ3) is 2.20. The largest absolute Gasteiger partial charge is 0.394 e. The second-order valence-corrected chi connectivity index (χ2v) is 13.1. The van der Waals surface area contributed by atoms with Gasteiger partial charge in [-0.25, -0.2) is 0 Å². The molecule has 0 radical (unpaired) electrons. The summed E-state index contributed by atoms with van der Waals surface area (Å²) in [6.07, 6.45) is 11.2. The van der Waals surface area contributed by atoms with E-state index < -0.39 is 24.0 Å². The lowest BCUT2D eigenvalue weighted by molar-refractivity contribution is -0.325. The van der Waals surface area contributed by atoms with Gasteiger partial charge in [-0.05, 0) is 87.9 Å². The van der Waals surface area contributed by atoms with Crippen LogP contribution in [0.3, 0.4) is 0 Å². The molecule has 8 saturated carbocycles. The van der Waals surface area contributed by atoms with E-state index in [9.17, 15) is 5.11 Å². The van der Waals surface area contributed by atoms with Gasteiger partial charge in [0, 0.05) is 23.7 Å². The number of hydrogen-bond donors (Lipinski definition) is 1. The van der Waals surface area contributed by atoms with E-state index in [0.29, 0.717) is 23.7 Å². The van der Waals surface area contributed by atoms with E-state index in [1.165, 1.54) is 64.2 Å². The van der Waals surface area contributed by atoms with Gasteiger partial charge >= 0.3 is 0 Å². The Bertz CT molecular complexity index is 771. The fraction of sp³-hybridized carbons (Fsp3) is 1.00. The molecule has 32 heavy (non-hydrogen) atoms. The molecule has 8 aliphatic carbocycles. The predicted molar refractivity (Wildman–Crippen MR) is 111 cm³/mol. The Morgan fingerprint density at radius 3 is 1.47 bits per heavy atom. The molecule has 11 fully saturated rings. The first-order valence-electron chi connectivity index (χ1n) is 13.6. The predicted octanol–water partition coefficient (Wildman–Crippen LogP) is 3.21. The molecule has 0 aromatic rings. The Morgan fingerprint density at radius 2 is 0.969 bits per heavy atom. The molecular formula is C26H36O6. The average Bonchev–Trinajstić information content (AvgIpc) is 3.35. The molecule has 1 unspecified atom stereocenters. The van der Waals surface area contributed by atoms with Crippen molar-refractivity contribution in [3.8, 4) is 0 Å². The Kier molecular flexibility index (Phi) is 3.63. The normalized spacial score (nSPS) is 67.6. The van der Waals surface area contributed by atoms with Crippen molar-refractivity contribution in [3.05, 3.63) is 0 Å². The number of rotatable bonds is 1. The Hall–Kier alpha value is -0.240. The topological polar surface area (TPSA) is 66.4 Å². The van der Waals surface area contributed by atoms with Gasteiger partial charge in [0.1, 0.15) is 24.4 Å². The van der Waals surface area contributed by atoms with Gasteiger partial charge in [-0.3, -0.25) is 0 Å². The van der Waals surface area contributed by atoms with E-state index in [1.807, 2.05) is 0 Å². The van der Waals surface area contributed by atoms with Crippen LogP contribution in [-0.2, 0) is 23.7 Å². The third-order valence-corrected chi connectivity index (χ3v) is 11.6. The van der Waals surface area contributed by atoms with Crippen molar-refractivity contribution in [2.75, 3.05) is 6.61 Å². The van der Waals surface area contributed by atoms with Crippen LogP contribution in [0.5, 0.6) is 0 Å². The van der Waals surface area contributed by atoms with Crippen LogP contribution in [0.25, 0.3) is 0 Å². The van der Waals surface area contributed by atoms with E-state index in [-0.39, 0.29) is 24.9 Å². The molecule has 1 N–H and O–H groups in total. The molecule has 6 nitrogen and oxygen atoms in total. The Balaban J connectivity index is 1.06. The first-order valence-corrected chi connectivity index (χ1v) is 13.6. The highest BCUT2D eigenvalue weighted by Crippen LogP contribution is 2.66. The minimum absolute atomic E-state index is 0.0578. The highest BCUT2D eigenvalue weighted by Gasteiger charge is 2.72. The fourth-order valence-electron chi connectivity index (χ4n) is 10.8. The van der Waals surface area contributed by atoms with Gasteiger partial charge in [0.25, 0.3) is 0 Å². The van der Waals surface area contributed by atoms with E-state index in [1.54, 1.807) is 0 Å². The van der Waals surface area contributed by atoms with Crippen molar-refractivity contribution in [1.29, 1.82) is 0 Å². The quantitative estimate of drug-likeness (QED) is 0.670. The van der Waals surface area contributed by atoms with Gasteiger partial charge in [-0.15, -0.1) is 0 Å². The van der Waals surface area contributed by atoms with Gasteiger partial charge in [0.2, 0.25) is 0 Å². The number of hydrogen-bond acceptors (Lipinski definition) is 6. The summed E-state index contributed by atoms with van der Waals surface area (Å²) in [5, 5.41) is 10.2. The summed E-state index contributed by atoms with van der Waals surface area (Å²) in [6.45, 7) is -0.0578. The van der Waals surface area contributed by atoms with Crippen LogP contribution in [0, 0.1) is 47.3 Å². The molecule has 2 spiro atoms. The van der Waals surface area contributed by atoms with Crippen LogP contribution in [0.1, 0.15) is 64.2 Å². The van der Waals surface area contributed by atoms with Crippen molar-refractivity contribution < 1.29 is 28.8 Å². The van der Waals surface area contributed by atoms with Crippen molar-refractivity contribution in [1.82, 2.24) is 0 Å². The molecule has 11 aliphatic rings. The molecular weight excluding hydrogens is 408 g/mol. The lowest BCUT2D eigenvalue weighted by Gasteiger charge is -2.58. The molecule has 0 aromatic carbocycles. The first-order chi connectivity index (χ1) is 15.6. The molecule has 6 heteroatoms. The summed E-state index contributed by atoms with van der Waals surface area (Å²) in [6, 6.07) is 0. The molecule has 3 aliphatic heterocycles. The summed E-state index contributed by atoms with van der Waals surface area (Å²) in [4.78, 5) is 0. The van der Waals surface area contributed by atoms with Crippen molar-refractivity contribution >= 4 is 0 Å². The third-order valence-electron chi connectivity index (χ3n) is 11.6. The molecule has 0 aromatic heterocycles. The number of fused-ring (bicyclic) bond motifs is 3. The van der Waals surface area contributed by atoms with E-state index in [0.717, 1.165) is 23.7 Å². The summed E-state index contributed by atoms with van der Waals surface area (Å²) in [7, 11) is 0. The van der Waals surface area contributed by atoms with Crippen LogP contribution < -0.4 is 0 Å². The second kappa shape index (κ2) is 6.11. The zero-order chi connectivity index (χ0) is 20.8. The molecule has 5 atom stereocenters. The van der Waals surface area contributed by atoms with Crippen LogP contribution in [-0.4, -0.2) is 54.0 Å². The van der Waals surface area contributed by atoms with Gasteiger partial charge in [0.05, 0.1) is 6.61 Å². The average molecular weight is 445 g/mol. The summed E-state index contributed by atoms with van der Waals surface area (Å²) in [5.41, 5.74) is 0. The lowest BCUT2D eigenvalue weighted by Crippen LogP contribution is -2.59. The zero-order valence-electron chi connectivity index (χ0n) is 18.8. The minimum atomic E-state index is -0.499. The monoisotopic (exact) mass is 444 g/mol. The Morgan fingerprint density at radius 1 is 0.531 bits per heavy atom. The Labute approximate surface area is 189 Å². The number of aliphatic hydroxyl groups excluding tert-OH is 1. The molecule has 3 saturated heterocycles. The summed E-state index contributed by atoms with van der Waals surface area (Å²) in [5.74, 6) is 4.39. The zero-order valence-corrected chi connectivity index (χ0v) is 18.8. The highest BCUT2D eigenvalue weighted by molar-refractivity contribution is 5.13. The van der Waals surface area contributed by atoms with E-state index in [4.69, 9.17) is 23.7 Å². The SMILES string of the molecule is OC[C@H]1OC2OC3(O[C@@H]2[C@H]2OC4(O[C@H]21)C1CC2CC(C1)CC4C2)C1CC2CC(C1)CC3C2. The maximum atomic E-state index is 10.2. The second-order valence-electron chi connectivity index (χ2n) is 13.1. The van der Waals surface area contributed by atoms with Crippen molar-refractivity contribution in [2.24, 2.45) is 47.3 Å².